The maximum Gasteiger partial charge on any atom is 0.471 e. The van der Waals surface area contributed by atoms with Crippen LogP contribution in [0.2, 0.25) is 0 Å². The first kappa shape index (κ1) is 19.0. The van der Waals surface area contributed by atoms with Crippen molar-refractivity contribution < 1.29 is 32.0 Å². The van der Waals surface area contributed by atoms with Crippen molar-refractivity contribution in [3.05, 3.63) is 35.5 Å². The van der Waals surface area contributed by atoms with E-state index in [4.69, 9.17) is 5.11 Å². The zero-order chi connectivity index (χ0) is 18.4. The molecule has 0 aliphatic heterocycles. The quantitative estimate of drug-likeness (QED) is 0.437. The smallest absolute Gasteiger partial charge is 0.396 e. The number of rotatable bonds is 8. The van der Waals surface area contributed by atoms with Crippen molar-refractivity contribution in [2.75, 3.05) is 6.61 Å². The number of alkyl halides is 3. The van der Waals surface area contributed by atoms with Crippen molar-refractivity contribution in [1.29, 1.82) is 0 Å². The number of ketones is 1. The topological polar surface area (TPSA) is 76.2 Å². The summed E-state index contributed by atoms with van der Waals surface area (Å²) >= 11 is 0. The highest BCUT2D eigenvalue weighted by Crippen LogP contribution is 2.29. The molecule has 0 atom stereocenters. The normalized spacial score (nSPS) is 11.7. The van der Waals surface area contributed by atoms with Crippen LogP contribution in [0.1, 0.15) is 48.4 Å². The fourth-order valence-corrected chi connectivity index (χ4v) is 2.22. The first-order chi connectivity index (χ1) is 11.8. The maximum absolute atomic E-state index is 14.1. The maximum atomic E-state index is 14.1. The number of halogens is 4. The average Bonchev–Trinajstić information content (AvgIpc) is 3.04. The zero-order valence-electron chi connectivity index (χ0n) is 13.1. The summed E-state index contributed by atoms with van der Waals surface area (Å²) in [5.74, 6) is -3.17. The van der Waals surface area contributed by atoms with Crippen molar-refractivity contribution in [2.24, 2.45) is 0 Å². The molecular weight excluding hydrogens is 344 g/mol. The lowest BCUT2D eigenvalue weighted by Gasteiger charge is -2.04. The second-order valence-corrected chi connectivity index (χ2v) is 5.43. The number of unbranched alkanes of at least 4 members (excludes halogenated alkanes) is 3. The fourth-order valence-electron chi connectivity index (χ4n) is 2.22. The van der Waals surface area contributed by atoms with Gasteiger partial charge in [0.25, 0.3) is 0 Å². The summed E-state index contributed by atoms with van der Waals surface area (Å²) in [6.45, 7) is 0.0934. The standard InChI is InChI=1S/C16H16F4N2O3/c17-12-9-10(14-21-15(25-22-14)16(18,19)20)6-7-11(12)13(24)5-3-1-2-4-8-23/h6-7,9,23H,1-5,8H2. The number of Topliss-reactive ketones (excluding diaryl/α,β-unsaturated/α-hetero) is 1. The summed E-state index contributed by atoms with van der Waals surface area (Å²) in [7, 11) is 0. The third-order valence-corrected chi connectivity index (χ3v) is 3.51. The van der Waals surface area contributed by atoms with Crippen molar-refractivity contribution >= 4 is 5.78 Å². The first-order valence-corrected chi connectivity index (χ1v) is 7.68. The molecule has 1 aromatic carbocycles. The molecule has 0 bridgehead atoms. The number of aliphatic hydroxyl groups is 1. The van der Waals surface area contributed by atoms with Crippen LogP contribution in [-0.4, -0.2) is 27.6 Å². The lowest BCUT2D eigenvalue weighted by molar-refractivity contribution is -0.159. The molecule has 0 aliphatic rings. The second-order valence-electron chi connectivity index (χ2n) is 5.43. The van der Waals surface area contributed by atoms with Crippen molar-refractivity contribution in [1.82, 2.24) is 10.1 Å². The molecule has 0 saturated carbocycles. The van der Waals surface area contributed by atoms with Gasteiger partial charge in [-0.3, -0.25) is 4.79 Å². The second kappa shape index (κ2) is 8.19. The molecule has 0 radical (unpaired) electrons. The lowest BCUT2D eigenvalue weighted by Crippen LogP contribution is -2.05. The average molecular weight is 360 g/mol. The summed E-state index contributed by atoms with van der Waals surface area (Å²) in [6.07, 6.45) is -1.88. The molecule has 0 saturated heterocycles. The molecule has 136 valence electrons. The molecule has 1 heterocycles. The Morgan fingerprint density at radius 1 is 1.16 bits per heavy atom. The zero-order valence-corrected chi connectivity index (χ0v) is 13.1. The molecule has 2 aromatic rings. The van der Waals surface area contributed by atoms with Gasteiger partial charge in [-0.05, 0) is 25.0 Å². The van der Waals surface area contributed by atoms with Gasteiger partial charge in [-0.25, -0.2) is 4.39 Å². The van der Waals surface area contributed by atoms with Gasteiger partial charge in [0, 0.05) is 18.6 Å². The van der Waals surface area contributed by atoms with Crippen LogP contribution in [0.15, 0.2) is 22.7 Å². The van der Waals surface area contributed by atoms with Crippen molar-refractivity contribution in [3.63, 3.8) is 0 Å². The van der Waals surface area contributed by atoms with E-state index >= 15 is 0 Å². The van der Waals surface area contributed by atoms with Crippen LogP contribution < -0.4 is 0 Å². The molecule has 0 fully saturated rings. The van der Waals surface area contributed by atoms with Crippen LogP contribution in [-0.2, 0) is 6.18 Å². The van der Waals surface area contributed by atoms with E-state index in [0.717, 1.165) is 18.9 Å². The van der Waals surface area contributed by atoms with Crippen LogP contribution in [0.3, 0.4) is 0 Å². The first-order valence-electron chi connectivity index (χ1n) is 7.68. The summed E-state index contributed by atoms with van der Waals surface area (Å²) < 4.78 is 55.5. The molecule has 5 nitrogen and oxygen atoms in total. The Labute approximate surface area is 140 Å². The van der Waals surface area contributed by atoms with Gasteiger partial charge in [0.1, 0.15) is 5.82 Å². The molecule has 9 heteroatoms. The molecular formula is C16H16F4N2O3. The van der Waals surface area contributed by atoms with Gasteiger partial charge < -0.3 is 9.63 Å². The Balaban J connectivity index is 2.05. The Morgan fingerprint density at radius 2 is 1.88 bits per heavy atom. The van der Waals surface area contributed by atoms with Gasteiger partial charge in [0.15, 0.2) is 5.78 Å². The highest BCUT2D eigenvalue weighted by Gasteiger charge is 2.38. The van der Waals surface area contributed by atoms with E-state index in [0.29, 0.717) is 12.8 Å². The summed E-state index contributed by atoms with van der Waals surface area (Å²) in [6, 6.07) is 3.38. The largest absolute Gasteiger partial charge is 0.471 e. The SMILES string of the molecule is O=C(CCCCCCO)c1ccc(-c2noc(C(F)(F)F)n2)cc1F. The van der Waals surface area contributed by atoms with Crippen LogP contribution >= 0.6 is 0 Å². The minimum Gasteiger partial charge on any atom is -0.396 e. The van der Waals surface area contributed by atoms with Gasteiger partial charge in [0.05, 0.1) is 5.56 Å². The lowest BCUT2D eigenvalue weighted by atomic mass is 10.0. The Hall–Kier alpha value is -2.29. The van der Waals surface area contributed by atoms with Crippen LogP contribution in [0, 0.1) is 5.82 Å². The number of nitrogens with zero attached hydrogens (tertiary/aromatic N) is 2. The van der Waals surface area contributed by atoms with Gasteiger partial charge in [-0.2, -0.15) is 18.2 Å². The predicted octanol–water partition coefficient (Wildman–Crippen LogP) is 4.02. The third kappa shape index (κ3) is 5.09. The monoisotopic (exact) mass is 360 g/mol. The number of carbonyl (C=O) groups is 1. The molecule has 0 amide bonds. The summed E-state index contributed by atoms with van der Waals surface area (Å²) in [5, 5.41) is 11.8. The Kier molecular flexibility index (Phi) is 6.24. The molecule has 25 heavy (non-hydrogen) atoms. The van der Waals surface area contributed by atoms with Crippen molar-refractivity contribution in [3.8, 4) is 11.4 Å². The number of aliphatic hydroxyl groups excluding tert-OH is 1. The number of carbonyl (C=O) groups excluding carboxylic acids is 1. The molecule has 1 aromatic heterocycles. The molecule has 2 rings (SSSR count). The Morgan fingerprint density at radius 3 is 2.48 bits per heavy atom. The minimum atomic E-state index is -4.78. The summed E-state index contributed by atoms with van der Waals surface area (Å²) in [4.78, 5) is 15.2. The van der Waals surface area contributed by atoms with Crippen molar-refractivity contribution in [2.45, 2.75) is 38.3 Å². The molecule has 1 N–H and O–H groups in total. The number of aromatic nitrogens is 2. The highest BCUT2D eigenvalue weighted by atomic mass is 19.4. The number of benzene rings is 1. The van der Waals surface area contributed by atoms with Crippen LogP contribution in [0.25, 0.3) is 11.4 Å². The van der Waals surface area contributed by atoms with Gasteiger partial charge in [0.2, 0.25) is 5.82 Å². The molecule has 0 aliphatic carbocycles. The van der Waals surface area contributed by atoms with E-state index in [1.54, 1.807) is 0 Å². The van der Waals surface area contributed by atoms with Gasteiger partial charge in [-0.15, -0.1) is 0 Å². The van der Waals surface area contributed by atoms with Crippen LogP contribution in [0.4, 0.5) is 17.6 Å². The summed E-state index contributed by atoms with van der Waals surface area (Å²) in [5.41, 5.74) is -0.151. The van der Waals surface area contributed by atoms with Gasteiger partial charge in [-0.1, -0.05) is 24.1 Å². The van der Waals surface area contributed by atoms with E-state index in [1.165, 1.54) is 12.1 Å². The van der Waals surface area contributed by atoms with Crippen LogP contribution in [0.5, 0.6) is 0 Å². The Bertz CT molecular complexity index is 728. The number of hydrogen-bond acceptors (Lipinski definition) is 5. The molecule has 0 unspecified atom stereocenters. The number of hydrogen-bond donors (Lipinski definition) is 1. The van der Waals surface area contributed by atoms with E-state index in [-0.39, 0.29) is 24.2 Å². The third-order valence-electron chi connectivity index (χ3n) is 3.51. The van der Waals surface area contributed by atoms with E-state index in [2.05, 4.69) is 14.7 Å². The van der Waals surface area contributed by atoms with Gasteiger partial charge >= 0.3 is 12.1 Å². The minimum absolute atomic E-state index is 0.0174. The van der Waals surface area contributed by atoms with E-state index < -0.39 is 29.5 Å². The highest BCUT2D eigenvalue weighted by molar-refractivity contribution is 5.96. The molecule has 0 spiro atoms. The predicted molar refractivity (Wildman–Crippen MR) is 79.2 cm³/mol. The fraction of sp³-hybridized carbons (Fsp3) is 0.438. The van der Waals surface area contributed by atoms with E-state index in [9.17, 15) is 22.4 Å². The van der Waals surface area contributed by atoms with E-state index in [1.807, 2.05) is 0 Å².